The van der Waals surface area contributed by atoms with Crippen LogP contribution in [0.2, 0.25) is 0 Å². The van der Waals surface area contributed by atoms with Gasteiger partial charge in [-0.3, -0.25) is 4.79 Å². The highest BCUT2D eigenvalue weighted by Crippen LogP contribution is 2.33. The lowest BCUT2D eigenvalue weighted by Crippen LogP contribution is -2.50. The van der Waals surface area contributed by atoms with E-state index in [1.54, 1.807) is 12.4 Å². The van der Waals surface area contributed by atoms with E-state index in [0.717, 1.165) is 37.3 Å². The molecule has 0 spiro atoms. The van der Waals surface area contributed by atoms with Gasteiger partial charge in [-0.05, 0) is 31.5 Å². The Morgan fingerprint density at radius 1 is 1.24 bits per heavy atom. The summed E-state index contributed by atoms with van der Waals surface area (Å²) in [4.78, 5) is 20.0. The lowest BCUT2D eigenvalue weighted by Gasteiger charge is -2.36. The molecule has 5 heteroatoms. The largest absolute Gasteiger partial charge is 0.348 e. The molecule has 5 nitrogen and oxygen atoms in total. The number of nitrogens with one attached hydrogen (secondary N) is 3. The van der Waals surface area contributed by atoms with Crippen LogP contribution in [0.4, 0.5) is 0 Å². The van der Waals surface area contributed by atoms with Gasteiger partial charge in [0.1, 0.15) is 5.82 Å². The van der Waals surface area contributed by atoms with Gasteiger partial charge in [0.15, 0.2) is 0 Å². The minimum Gasteiger partial charge on any atom is -0.348 e. The van der Waals surface area contributed by atoms with Gasteiger partial charge in [-0.2, -0.15) is 0 Å². The van der Waals surface area contributed by atoms with Gasteiger partial charge in [-0.25, -0.2) is 4.98 Å². The Bertz CT molecular complexity index is 574. The monoisotopic (exact) mass is 284 g/mol. The normalized spacial score (nSPS) is 17.3. The molecule has 1 aliphatic rings. The van der Waals surface area contributed by atoms with Crippen molar-refractivity contribution in [3.8, 4) is 0 Å². The van der Waals surface area contributed by atoms with Crippen LogP contribution in [-0.2, 0) is 16.8 Å². The van der Waals surface area contributed by atoms with Crippen molar-refractivity contribution in [3.05, 3.63) is 54.1 Å². The quantitative estimate of drug-likeness (QED) is 0.793. The fraction of sp³-hybridized carbons (Fsp3) is 0.375. The smallest absolute Gasteiger partial charge is 0.231 e. The molecule has 1 saturated heterocycles. The summed E-state index contributed by atoms with van der Waals surface area (Å²) < 4.78 is 0. The second kappa shape index (κ2) is 6.10. The Labute approximate surface area is 124 Å². The summed E-state index contributed by atoms with van der Waals surface area (Å²) in [5.41, 5.74) is 0.669. The van der Waals surface area contributed by atoms with Crippen LogP contribution in [0.25, 0.3) is 0 Å². The minimum atomic E-state index is -0.431. The summed E-state index contributed by atoms with van der Waals surface area (Å²) in [6.07, 6.45) is 5.10. The van der Waals surface area contributed by atoms with Crippen molar-refractivity contribution in [2.24, 2.45) is 0 Å². The van der Waals surface area contributed by atoms with E-state index in [4.69, 9.17) is 0 Å². The summed E-state index contributed by atoms with van der Waals surface area (Å²) in [5.74, 6) is 0.868. The number of aromatic nitrogens is 2. The first-order valence-electron chi connectivity index (χ1n) is 7.34. The van der Waals surface area contributed by atoms with Gasteiger partial charge >= 0.3 is 0 Å². The number of benzene rings is 1. The van der Waals surface area contributed by atoms with Crippen LogP contribution in [0.15, 0.2) is 42.7 Å². The number of nitrogens with zero attached hydrogens (tertiary/aromatic N) is 1. The Hall–Kier alpha value is -2.14. The molecular formula is C16H20N4O. The second-order valence-electron chi connectivity index (χ2n) is 5.42. The first-order valence-corrected chi connectivity index (χ1v) is 7.34. The maximum absolute atomic E-state index is 12.8. The van der Waals surface area contributed by atoms with Crippen LogP contribution < -0.4 is 10.6 Å². The molecule has 1 amide bonds. The van der Waals surface area contributed by atoms with Crippen molar-refractivity contribution >= 4 is 5.91 Å². The van der Waals surface area contributed by atoms with Crippen LogP contribution in [0, 0.1) is 0 Å². The van der Waals surface area contributed by atoms with Gasteiger partial charge in [0.2, 0.25) is 5.91 Å². The number of carbonyl (C=O) groups excluding carboxylic acids is 1. The number of imidazole rings is 1. The van der Waals surface area contributed by atoms with Crippen LogP contribution in [0.1, 0.15) is 24.2 Å². The number of hydrogen-bond acceptors (Lipinski definition) is 3. The molecule has 110 valence electrons. The van der Waals surface area contributed by atoms with Crippen molar-refractivity contribution < 1.29 is 4.79 Å². The highest BCUT2D eigenvalue weighted by atomic mass is 16.2. The molecule has 0 radical (unpaired) electrons. The summed E-state index contributed by atoms with van der Waals surface area (Å²) >= 11 is 0. The van der Waals surface area contributed by atoms with Crippen LogP contribution >= 0.6 is 0 Å². The highest BCUT2D eigenvalue weighted by Gasteiger charge is 2.40. The van der Waals surface area contributed by atoms with E-state index in [1.165, 1.54) is 0 Å². The maximum Gasteiger partial charge on any atom is 0.231 e. The fourth-order valence-corrected chi connectivity index (χ4v) is 2.99. The fourth-order valence-electron chi connectivity index (χ4n) is 2.99. The van der Waals surface area contributed by atoms with Crippen molar-refractivity contribution in [3.63, 3.8) is 0 Å². The molecule has 2 aromatic rings. The molecular weight excluding hydrogens is 264 g/mol. The predicted octanol–water partition coefficient (Wildman–Crippen LogP) is 1.35. The third-order valence-corrected chi connectivity index (χ3v) is 4.19. The molecule has 2 heterocycles. The van der Waals surface area contributed by atoms with E-state index >= 15 is 0 Å². The number of amides is 1. The van der Waals surface area contributed by atoms with Crippen molar-refractivity contribution in [1.82, 2.24) is 20.6 Å². The topological polar surface area (TPSA) is 69.8 Å². The molecule has 0 saturated carbocycles. The Balaban J connectivity index is 1.80. The van der Waals surface area contributed by atoms with Gasteiger partial charge in [-0.15, -0.1) is 0 Å². The predicted molar refractivity (Wildman–Crippen MR) is 80.7 cm³/mol. The van der Waals surface area contributed by atoms with Gasteiger partial charge < -0.3 is 15.6 Å². The summed E-state index contributed by atoms with van der Waals surface area (Å²) in [7, 11) is 0. The zero-order valence-electron chi connectivity index (χ0n) is 11.9. The van der Waals surface area contributed by atoms with E-state index in [0.29, 0.717) is 6.54 Å². The minimum absolute atomic E-state index is 0.0894. The van der Waals surface area contributed by atoms with Gasteiger partial charge in [-0.1, -0.05) is 30.3 Å². The van der Waals surface area contributed by atoms with E-state index in [9.17, 15) is 4.79 Å². The molecule has 0 bridgehead atoms. The SMILES string of the molecule is O=C(NCc1ncc[nH]1)C1(c2ccccc2)CCNCC1. The molecule has 1 aromatic carbocycles. The van der Waals surface area contributed by atoms with Crippen molar-refractivity contribution in [1.29, 1.82) is 0 Å². The zero-order valence-corrected chi connectivity index (χ0v) is 11.9. The number of hydrogen-bond donors (Lipinski definition) is 3. The third-order valence-electron chi connectivity index (χ3n) is 4.19. The lowest BCUT2D eigenvalue weighted by molar-refractivity contribution is -0.128. The molecule has 3 N–H and O–H groups in total. The van der Waals surface area contributed by atoms with E-state index in [1.807, 2.05) is 18.2 Å². The molecule has 0 unspecified atom stereocenters. The summed E-state index contributed by atoms with van der Waals surface area (Å²) in [6.45, 7) is 2.17. The molecule has 3 rings (SSSR count). The number of aromatic amines is 1. The molecule has 0 aliphatic carbocycles. The number of carbonyl (C=O) groups is 1. The van der Waals surface area contributed by atoms with Crippen molar-refractivity contribution in [2.45, 2.75) is 24.8 Å². The molecule has 1 aromatic heterocycles. The van der Waals surface area contributed by atoms with Gasteiger partial charge in [0, 0.05) is 12.4 Å². The maximum atomic E-state index is 12.8. The Morgan fingerprint density at radius 3 is 2.67 bits per heavy atom. The average Bonchev–Trinajstić information content (AvgIpc) is 3.07. The first kappa shape index (κ1) is 13.8. The molecule has 1 aliphatic heterocycles. The van der Waals surface area contributed by atoms with Crippen LogP contribution in [0.3, 0.4) is 0 Å². The van der Waals surface area contributed by atoms with Crippen LogP contribution in [0.5, 0.6) is 0 Å². The highest BCUT2D eigenvalue weighted by molar-refractivity contribution is 5.88. The van der Waals surface area contributed by atoms with Gasteiger partial charge in [0.05, 0.1) is 12.0 Å². The standard InChI is InChI=1S/C16H20N4O/c21-15(20-12-14-18-10-11-19-14)16(6-8-17-9-7-16)13-4-2-1-3-5-13/h1-5,10-11,17H,6-9,12H2,(H,18,19)(H,20,21). The van der Waals surface area contributed by atoms with Crippen LogP contribution in [-0.4, -0.2) is 29.0 Å². The molecule has 0 atom stereocenters. The van der Waals surface area contributed by atoms with Crippen molar-refractivity contribution in [2.75, 3.05) is 13.1 Å². The Kier molecular flexibility index (Phi) is 4.01. The van der Waals surface area contributed by atoms with E-state index in [-0.39, 0.29) is 5.91 Å². The van der Waals surface area contributed by atoms with E-state index < -0.39 is 5.41 Å². The summed E-state index contributed by atoms with van der Waals surface area (Å²) in [5, 5.41) is 6.37. The summed E-state index contributed by atoms with van der Waals surface area (Å²) in [6, 6.07) is 10.1. The molecule has 21 heavy (non-hydrogen) atoms. The number of rotatable bonds is 4. The number of H-pyrrole nitrogens is 1. The average molecular weight is 284 g/mol. The number of piperidine rings is 1. The van der Waals surface area contributed by atoms with Gasteiger partial charge in [0.25, 0.3) is 0 Å². The Morgan fingerprint density at radius 2 is 2.00 bits per heavy atom. The first-order chi connectivity index (χ1) is 10.3. The molecule has 1 fully saturated rings. The lowest BCUT2D eigenvalue weighted by atomic mass is 9.72. The zero-order chi connectivity index (χ0) is 14.5. The van der Waals surface area contributed by atoms with E-state index in [2.05, 4.69) is 32.7 Å². The third kappa shape index (κ3) is 2.83. The second-order valence-corrected chi connectivity index (χ2v) is 5.42.